The van der Waals surface area contributed by atoms with Gasteiger partial charge in [-0.2, -0.15) is 0 Å². The molecule has 0 aromatic heterocycles. The van der Waals surface area contributed by atoms with Crippen LogP contribution in [0.2, 0.25) is 0 Å². The lowest BCUT2D eigenvalue weighted by Gasteiger charge is -2.13. The van der Waals surface area contributed by atoms with E-state index >= 15 is 0 Å². The number of hydrogen-bond donors (Lipinski definition) is 1. The second kappa shape index (κ2) is 8.22. The second-order valence-electron chi connectivity index (χ2n) is 5.14. The average molecular weight is 313 g/mol. The molecule has 0 aliphatic rings. The summed E-state index contributed by atoms with van der Waals surface area (Å²) >= 11 is 0. The number of hydrogen-bond acceptors (Lipinski definition) is 4. The van der Waals surface area contributed by atoms with E-state index in [1.807, 2.05) is 25.1 Å². The van der Waals surface area contributed by atoms with E-state index < -0.39 is 0 Å². The fraction of sp³-hybridized carbons (Fsp3) is 0.316. The third-order valence-corrected chi connectivity index (χ3v) is 3.66. The molecule has 0 unspecified atom stereocenters. The Morgan fingerprint density at radius 2 is 1.78 bits per heavy atom. The molecule has 0 heterocycles. The summed E-state index contributed by atoms with van der Waals surface area (Å²) in [6.07, 6.45) is 0.977. The van der Waals surface area contributed by atoms with Gasteiger partial charge in [-0.25, -0.2) is 4.79 Å². The van der Waals surface area contributed by atoms with Crippen LogP contribution in [0.25, 0.3) is 0 Å². The molecule has 0 radical (unpaired) electrons. The Bertz CT molecular complexity index is 650. The number of carbonyl (C=O) groups is 1. The first-order valence-corrected chi connectivity index (χ1v) is 7.84. The molecule has 0 amide bonds. The predicted octanol–water partition coefficient (Wildman–Crippen LogP) is 4.05. The van der Waals surface area contributed by atoms with Crippen molar-refractivity contribution in [2.45, 2.75) is 26.8 Å². The maximum Gasteiger partial charge on any atom is 0.337 e. The number of rotatable bonds is 7. The zero-order valence-corrected chi connectivity index (χ0v) is 13.9. The Balaban J connectivity index is 2.07. The van der Waals surface area contributed by atoms with Crippen LogP contribution in [0.1, 0.15) is 35.3 Å². The maximum atomic E-state index is 11.4. The van der Waals surface area contributed by atoms with Gasteiger partial charge in [-0.05, 0) is 60.9 Å². The normalized spacial score (nSPS) is 10.2. The Kier molecular flexibility index (Phi) is 6.03. The molecule has 1 N–H and O–H groups in total. The van der Waals surface area contributed by atoms with E-state index in [0.717, 1.165) is 17.9 Å². The third-order valence-electron chi connectivity index (χ3n) is 3.66. The van der Waals surface area contributed by atoms with Gasteiger partial charge in [0.2, 0.25) is 0 Å². The van der Waals surface area contributed by atoms with Crippen molar-refractivity contribution in [3.63, 3.8) is 0 Å². The standard InChI is InChI=1S/C19H23NO3/c1-4-14-8-11-18(23-5-2)12-16(14)13-20-17-9-6-15(7-10-17)19(21)22-3/h6-12,20H,4-5,13H2,1-3H3. The molecular formula is C19H23NO3. The molecule has 4 heteroatoms. The molecule has 0 spiro atoms. The Morgan fingerprint density at radius 1 is 1.04 bits per heavy atom. The molecule has 0 aliphatic heterocycles. The first kappa shape index (κ1) is 16.9. The van der Waals surface area contributed by atoms with E-state index in [9.17, 15) is 4.79 Å². The van der Waals surface area contributed by atoms with Crippen molar-refractivity contribution in [2.75, 3.05) is 19.0 Å². The van der Waals surface area contributed by atoms with Gasteiger partial charge in [0, 0.05) is 12.2 Å². The van der Waals surface area contributed by atoms with Crippen LogP contribution in [0.15, 0.2) is 42.5 Å². The molecule has 0 saturated carbocycles. The fourth-order valence-electron chi connectivity index (χ4n) is 2.41. The van der Waals surface area contributed by atoms with Gasteiger partial charge in [0.05, 0.1) is 19.3 Å². The molecule has 0 fully saturated rings. The molecule has 0 atom stereocenters. The van der Waals surface area contributed by atoms with Crippen LogP contribution in [-0.2, 0) is 17.7 Å². The van der Waals surface area contributed by atoms with Crippen LogP contribution in [0, 0.1) is 0 Å². The zero-order valence-electron chi connectivity index (χ0n) is 13.9. The van der Waals surface area contributed by atoms with Gasteiger partial charge < -0.3 is 14.8 Å². The second-order valence-corrected chi connectivity index (χ2v) is 5.14. The van der Waals surface area contributed by atoms with Crippen LogP contribution in [-0.4, -0.2) is 19.7 Å². The summed E-state index contributed by atoms with van der Waals surface area (Å²) in [7, 11) is 1.38. The van der Waals surface area contributed by atoms with E-state index in [1.54, 1.807) is 12.1 Å². The summed E-state index contributed by atoms with van der Waals surface area (Å²) in [6.45, 7) is 5.49. The van der Waals surface area contributed by atoms with Crippen molar-refractivity contribution >= 4 is 11.7 Å². The number of benzene rings is 2. The van der Waals surface area contributed by atoms with Crippen LogP contribution < -0.4 is 10.1 Å². The first-order valence-electron chi connectivity index (χ1n) is 7.84. The molecule has 0 aliphatic carbocycles. The van der Waals surface area contributed by atoms with Gasteiger partial charge in [0.1, 0.15) is 5.75 Å². The van der Waals surface area contributed by atoms with E-state index in [0.29, 0.717) is 18.7 Å². The Labute approximate surface area is 137 Å². The van der Waals surface area contributed by atoms with E-state index in [2.05, 4.69) is 24.4 Å². The molecule has 0 saturated heterocycles. The van der Waals surface area contributed by atoms with Crippen molar-refractivity contribution in [3.05, 3.63) is 59.2 Å². The van der Waals surface area contributed by atoms with Gasteiger partial charge in [-0.3, -0.25) is 0 Å². The number of carbonyl (C=O) groups excluding carboxylic acids is 1. The van der Waals surface area contributed by atoms with Crippen LogP contribution in [0.4, 0.5) is 5.69 Å². The quantitative estimate of drug-likeness (QED) is 0.784. The number of esters is 1. The fourth-order valence-corrected chi connectivity index (χ4v) is 2.41. The number of aryl methyl sites for hydroxylation is 1. The van der Waals surface area contributed by atoms with Gasteiger partial charge >= 0.3 is 5.97 Å². The molecule has 2 aromatic rings. The highest BCUT2D eigenvalue weighted by molar-refractivity contribution is 5.89. The average Bonchev–Trinajstić information content (AvgIpc) is 2.60. The van der Waals surface area contributed by atoms with Gasteiger partial charge in [0.25, 0.3) is 0 Å². The number of methoxy groups -OCH3 is 1. The molecule has 122 valence electrons. The monoisotopic (exact) mass is 313 g/mol. The number of anilines is 1. The van der Waals surface area contributed by atoms with Gasteiger partial charge in [-0.15, -0.1) is 0 Å². The molecule has 4 nitrogen and oxygen atoms in total. The number of ether oxygens (including phenoxy) is 2. The lowest BCUT2D eigenvalue weighted by atomic mass is 10.0. The van der Waals surface area contributed by atoms with Gasteiger partial charge in [0.15, 0.2) is 0 Å². The van der Waals surface area contributed by atoms with Crippen molar-refractivity contribution in [1.29, 1.82) is 0 Å². The minimum Gasteiger partial charge on any atom is -0.494 e. The van der Waals surface area contributed by atoms with Crippen LogP contribution in [0.3, 0.4) is 0 Å². The summed E-state index contributed by atoms with van der Waals surface area (Å²) in [5, 5.41) is 3.38. The first-order chi connectivity index (χ1) is 11.2. The van der Waals surface area contributed by atoms with Crippen LogP contribution >= 0.6 is 0 Å². The molecule has 23 heavy (non-hydrogen) atoms. The molecule has 2 rings (SSSR count). The smallest absolute Gasteiger partial charge is 0.337 e. The Hall–Kier alpha value is -2.49. The largest absolute Gasteiger partial charge is 0.494 e. The molecule has 2 aromatic carbocycles. The van der Waals surface area contributed by atoms with Crippen molar-refractivity contribution in [2.24, 2.45) is 0 Å². The van der Waals surface area contributed by atoms with Crippen molar-refractivity contribution in [3.8, 4) is 5.75 Å². The predicted molar refractivity (Wildman–Crippen MR) is 92.1 cm³/mol. The highest BCUT2D eigenvalue weighted by Crippen LogP contribution is 2.20. The highest BCUT2D eigenvalue weighted by Gasteiger charge is 2.06. The van der Waals surface area contributed by atoms with E-state index in [-0.39, 0.29) is 5.97 Å². The topological polar surface area (TPSA) is 47.6 Å². The summed E-state index contributed by atoms with van der Waals surface area (Å²) in [4.78, 5) is 11.4. The van der Waals surface area contributed by atoms with Crippen LogP contribution in [0.5, 0.6) is 5.75 Å². The molecular weight excluding hydrogens is 290 g/mol. The summed E-state index contributed by atoms with van der Waals surface area (Å²) in [6, 6.07) is 13.5. The zero-order chi connectivity index (χ0) is 16.7. The SMILES string of the molecule is CCOc1ccc(CC)c(CNc2ccc(C(=O)OC)cc2)c1. The molecule has 0 bridgehead atoms. The summed E-state index contributed by atoms with van der Waals surface area (Å²) in [5.74, 6) is 0.566. The summed E-state index contributed by atoms with van der Waals surface area (Å²) in [5.41, 5.74) is 4.02. The minimum absolute atomic E-state index is 0.325. The van der Waals surface area contributed by atoms with Crippen molar-refractivity contribution < 1.29 is 14.3 Å². The minimum atomic E-state index is -0.325. The Morgan fingerprint density at radius 3 is 2.39 bits per heavy atom. The maximum absolute atomic E-state index is 11.4. The summed E-state index contributed by atoms with van der Waals surface area (Å²) < 4.78 is 10.3. The lowest BCUT2D eigenvalue weighted by molar-refractivity contribution is 0.0601. The van der Waals surface area contributed by atoms with E-state index in [4.69, 9.17) is 9.47 Å². The highest BCUT2D eigenvalue weighted by atomic mass is 16.5. The number of nitrogens with one attached hydrogen (secondary N) is 1. The lowest BCUT2D eigenvalue weighted by Crippen LogP contribution is -2.05. The third kappa shape index (κ3) is 4.49. The van der Waals surface area contributed by atoms with E-state index in [1.165, 1.54) is 18.2 Å². The van der Waals surface area contributed by atoms with Gasteiger partial charge in [-0.1, -0.05) is 13.0 Å². The van der Waals surface area contributed by atoms with Crippen molar-refractivity contribution in [1.82, 2.24) is 0 Å².